The zero-order valence-electron chi connectivity index (χ0n) is 9.49. The van der Waals surface area contributed by atoms with Crippen molar-refractivity contribution in [3.05, 3.63) is 28.8 Å². The van der Waals surface area contributed by atoms with Crippen molar-refractivity contribution < 1.29 is 14.6 Å². The standard InChI is InChI=1S/C12H16ClNO3/c13-9-4-5-10(12(14)16)11(8-9)17-7-3-1-2-6-15/h4-5,8,15H,1-3,6-7H2,(H2,14,16). The van der Waals surface area contributed by atoms with E-state index in [1.54, 1.807) is 18.2 Å². The van der Waals surface area contributed by atoms with Gasteiger partial charge in [-0.3, -0.25) is 4.79 Å². The number of ether oxygens (including phenoxy) is 1. The summed E-state index contributed by atoms with van der Waals surface area (Å²) >= 11 is 5.82. The first kappa shape index (κ1) is 13.8. The third kappa shape index (κ3) is 4.63. The number of hydrogen-bond acceptors (Lipinski definition) is 3. The van der Waals surface area contributed by atoms with Gasteiger partial charge in [0.2, 0.25) is 0 Å². The maximum Gasteiger partial charge on any atom is 0.252 e. The third-order valence-corrected chi connectivity index (χ3v) is 2.50. The minimum atomic E-state index is -0.535. The molecule has 1 rings (SSSR count). The van der Waals surface area contributed by atoms with Gasteiger partial charge in [-0.25, -0.2) is 0 Å². The summed E-state index contributed by atoms with van der Waals surface area (Å²) in [7, 11) is 0. The summed E-state index contributed by atoms with van der Waals surface area (Å²) in [5.41, 5.74) is 5.55. The van der Waals surface area contributed by atoms with Gasteiger partial charge in [-0.15, -0.1) is 0 Å². The third-order valence-electron chi connectivity index (χ3n) is 2.27. The van der Waals surface area contributed by atoms with Gasteiger partial charge in [0.05, 0.1) is 12.2 Å². The minimum absolute atomic E-state index is 0.184. The zero-order chi connectivity index (χ0) is 12.7. The van der Waals surface area contributed by atoms with Crippen molar-refractivity contribution in [1.29, 1.82) is 0 Å². The minimum Gasteiger partial charge on any atom is -0.493 e. The number of carbonyl (C=O) groups excluding carboxylic acids is 1. The Kier molecular flexibility index (Phi) is 5.80. The Labute approximate surface area is 105 Å². The summed E-state index contributed by atoms with van der Waals surface area (Å²) in [5.74, 6) is -0.124. The molecular formula is C12H16ClNO3. The summed E-state index contributed by atoms with van der Waals surface area (Å²) < 4.78 is 5.46. The smallest absolute Gasteiger partial charge is 0.252 e. The van der Waals surface area contributed by atoms with Crippen LogP contribution in [0.1, 0.15) is 29.6 Å². The SMILES string of the molecule is NC(=O)c1ccc(Cl)cc1OCCCCCO. The van der Waals surface area contributed by atoms with Crippen LogP contribution in [-0.2, 0) is 0 Å². The molecule has 1 amide bonds. The molecule has 0 fully saturated rings. The fraction of sp³-hybridized carbons (Fsp3) is 0.417. The molecule has 0 aromatic heterocycles. The first-order valence-corrected chi connectivity index (χ1v) is 5.86. The molecule has 0 aliphatic carbocycles. The van der Waals surface area contributed by atoms with Gasteiger partial charge < -0.3 is 15.6 Å². The molecule has 0 aliphatic heterocycles. The first-order chi connectivity index (χ1) is 8.15. The van der Waals surface area contributed by atoms with Gasteiger partial charge in [-0.1, -0.05) is 11.6 Å². The monoisotopic (exact) mass is 257 g/mol. The van der Waals surface area contributed by atoms with Gasteiger partial charge in [-0.05, 0) is 37.5 Å². The van der Waals surface area contributed by atoms with Crippen LogP contribution in [0, 0.1) is 0 Å². The van der Waals surface area contributed by atoms with Crippen LogP contribution in [0.4, 0.5) is 0 Å². The Morgan fingerprint density at radius 1 is 1.35 bits per heavy atom. The summed E-state index contributed by atoms with van der Waals surface area (Å²) in [4.78, 5) is 11.1. The zero-order valence-corrected chi connectivity index (χ0v) is 10.2. The predicted molar refractivity (Wildman–Crippen MR) is 66.4 cm³/mol. The topological polar surface area (TPSA) is 72.6 Å². The average Bonchev–Trinajstić information content (AvgIpc) is 2.28. The van der Waals surface area contributed by atoms with Crippen LogP contribution < -0.4 is 10.5 Å². The fourth-order valence-corrected chi connectivity index (χ4v) is 1.55. The number of nitrogens with two attached hydrogens (primary N) is 1. The number of amides is 1. The van der Waals surface area contributed by atoms with Crippen LogP contribution in [0.3, 0.4) is 0 Å². The second kappa shape index (κ2) is 7.14. The quantitative estimate of drug-likeness (QED) is 0.734. The highest BCUT2D eigenvalue weighted by Gasteiger charge is 2.09. The number of benzene rings is 1. The maximum atomic E-state index is 11.1. The van der Waals surface area contributed by atoms with Crippen molar-refractivity contribution in [1.82, 2.24) is 0 Å². The number of halogens is 1. The fourth-order valence-electron chi connectivity index (χ4n) is 1.39. The van der Waals surface area contributed by atoms with E-state index in [1.807, 2.05) is 0 Å². The molecule has 0 bridgehead atoms. The first-order valence-electron chi connectivity index (χ1n) is 5.48. The van der Waals surface area contributed by atoms with Crippen molar-refractivity contribution >= 4 is 17.5 Å². The summed E-state index contributed by atoms with van der Waals surface area (Å²) in [6, 6.07) is 4.72. The lowest BCUT2D eigenvalue weighted by Gasteiger charge is -2.09. The number of carbonyl (C=O) groups is 1. The van der Waals surface area contributed by atoms with Crippen LogP contribution in [0.5, 0.6) is 5.75 Å². The number of rotatable bonds is 7. The lowest BCUT2D eigenvalue weighted by molar-refractivity contribution is 0.0996. The van der Waals surface area contributed by atoms with E-state index in [1.165, 1.54) is 0 Å². The van der Waals surface area contributed by atoms with E-state index in [-0.39, 0.29) is 6.61 Å². The number of primary amides is 1. The van der Waals surface area contributed by atoms with E-state index in [9.17, 15) is 4.79 Å². The molecule has 0 radical (unpaired) electrons. The van der Waals surface area contributed by atoms with Gasteiger partial charge in [0.1, 0.15) is 5.75 Å². The van der Waals surface area contributed by atoms with Crippen LogP contribution in [0.2, 0.25) is 5.02 Å². The number of unbranched alkanes of at least 4 members (excludes halogenated alkanes) is 2. The van der Waals surface area contributed by atoms with E-state index < -0.39 is 5.91 Å². The molecule has 4 nitrogen and oxygen atoms in total. The van der Waals surface area contributed by atoms with Crippen molar-refractivity contribution in [2.24, 2.45) is 5.73 Å². The molecule has 0 saturated carbocycles. The number of aliphatic hydroxyl groups excluding tert-OH is 1. The van der Waals surface area contributed by atoms with E-state index in [0.29, 0.717) is 22.9 Å². The molecule has 1 aromatic rings. The number of hydrogen-bond donors (Lipinski definition) is 2. The maximum absolute atomic E-state index is 11.1. The van der Waals surface area contributed by atoms with E-state index in [2.05, 4.69) is 0 Å². The summed E-state index contributed by atoms with van der Waals surface area (Å²) in [6.07, 6.45) is 2.44. The van der Waals surface area contributed by atoms with Crippen molar-refractivity contribution in [3.63, 3.8) is 0 Å². The predicted octanol–water partition coefficient (Wildman–Crippen LogP) is 1.98. The molecule has 0 aliphatic rings. The van der Waals surface area contributed by atoms with E-state index in [4.69, 9.17) is 27.2 Å². The molecular weight excluding hydrogens is 242 g/mol. The molecule has 94 valence electrons. The molecule has 17 heavy (non-hydrogen) atoms. The van der Waals surface area contributed by atoms with Gasteiger partial charge in [0, 0.05) is 11.6 Å². The van der Waals surface area contributed by atoms with Crippen molar-refractivity contribution in [3.8, 4) is 5.75 Å². The Bertz CT molecular complexity index is 382. The van der Waals surface area contributed by atoms with Crippen LogP contribution in [0.15, 0.2) is 18.2 Å². The van der Waals surface area contributed by atoms with Gasteiger partial charge in [0.15, 0.2) is 0 Å². The lowest BCUT2D eigenvalue weighted by atomic mass is 10.2. The summed E-state index contributed by atoms with van der Waals surface area (Å²) in [6.45, 7) is 0.657. The molecule has 0 spiro atoms. The van der Waals surface area contributed by atoms with Crippen molar-refractivity contribution in [2.45, 2.75) is 19.3 Å². The van der Waals surface area contributed by atoms with Gasteiger partial charge >= 0.3 is 0 Å². The van der Waals surface area contributed by atoms with Gasteiger partial charge in [-0.2, -0.15) is 0 Å². The molecule has 1 aromatic carbocycles. The Morgan fingerprint density at radius 3 is 2.76 bits per heavy atom. The second-order valence-electron chi connectivity index (χ2n) is 3.64. The molecule has 0 unspecified atom stereocenters. The van der Waals surface area contributed by atoms with Crippen LogP contribution in [-0.4, -0.2) is 24.2 Å². The second-order valence-corrected chi connectivity index (χ2v) is 4.07. The highest BCUT2D eigenvalue weighted by atomic mass is 35.5. The Morgan fingerprint density at radius 2 is 2.12 bits per heavy atom. The molecule has 0 heterocycles. The van der Waals surface area contributed by atoms with Crippen LogP contribution in [0.25, 0.3) is 0 Å². The Balaban J connectivity index is 2.56. The van der Waals surface area contributed by atoms with E-state index in [0.717, 1.165) is 19.3 Å². The highest BCUT2D eigenvalue weighted by molar-refractivity contribution is 6.30. The average molecular weight is 258 g/mol. The largest absolute Gasteiger partial charge is 0.493 e. The molecule has 5 heteroatoms. The highest BCUT2D eigenvalue weighted by Crippen LogP contribution is 2.23. The van der Waals surface area contributed by atoms with Gasteiger partial charge in [0.25, 0.3) is 5.91 Å². The number of aliphatic hydroxyl groups is 1. The lowest BCUT2D eigenvalue weighted by Crippen LogP contribution is -2.13. The Hall–Kier alpha value is -1.26. The molecule has 0 saturated heterocycles. The summed E-state index contributed by atoms with van der Waals surface area (Å²) in [5, 5.41) is 9.12. The normalized spacial score (nSPS) is 10.2. The van der Waals surface area contributed by atoms with Crippen molar-refractivity contribution in [2.75, 3.05) is 13.2 Å². The molecule has 0 atom stereocenters. The van der Waals surface area contributed by atoms with Crippen LogP contribution >= 0.6 is 11.6 Å². The molecule has 3 N–H and O–H groups in total. The van der Waals surface area contributed by atoms with E-state index >= 15 is 0 Å².